The fourth-order valence-electron chi connectivity index (χ4n) is 3.31. The SMILES string of the molecule is CC1CC(C)(C)CC1Nc1cc(C(=O)N(C)C)ccc1Cl. The van der Waals surface area contributed by atoms with Crippen molar-refractivity contribution in [1.82, 2.24) is 4.90 Å². The number of amides is 1. The first-order valence-electron chi connectivity index (χ1n) is 7.47. The Bertz CT molecular complexity index is 540. The summed E-state index contributed by atoms with van der Waals surface area (Å²) in [5.74, 6) is 0.596. The summed E-state index contributed by atoms with van der Waals surface area (Å²) < 4.78 is 0. The van der Waals surface area contributed by atoms with E-state index < -0.39 is 0 Å². The zero-order valence-corrected chi connectivity index (χ0v) is 14.3. The van der Waals surface area contributed by atoms with Gasteiger partial charge in [0.15, 0.2) is 0 Å². The second kappa shape index (κ2) is 5.88. The Kier molecular flexibility index (Phi) is 4.52. The highest BCUT2D eigenvalue weighted by Crippen LogP contribution is 2.42. The molecule has 1 amide bonds. The van der Waals surface area contributed by atoms with E-state index in [-0.39, 0.29) is 5.91 Å². The molecule has 1 aromatic rings. The van der Waals surface area contributed by atoms with Crippen LogP contribution >= 0.6 is 11.6 Å². The van der Waals surface area contributed by atoms with Crippen molar-refractivity contribution in [1.29, 1.82) is 0 Å². The van der Waals surface area contributed by atoms with Crippen LogP contribution in [-0.2, 0) is 0 Å². The van der Waals surface area contributed by atoms with E-state index in [0.29, 0.717) is 28.0 Å². The van der Waals surface area contributed by atoms with Crippen molar-refractivity contribution in [3.8, 4) is 0 Å². The topological polar surface area (TPSA) is 32.3 Å². The first-order valence-corrected chi connectivity index (χ1v) is 7.85. The van der Waals surface area contributed by atoms with Gasteiger partial charge in [0.1, 0.15) is 0 Å². The molecule has 2 atom stereocenters. The van der Waals surface area contributed by atoms with E-state index in [2.05, 4.69) is 26.1 Å². The molecule has 0 heterocycles. The van der Waals surface area contributed by atoms with Crippen molar-refractivity contribution >= 4 is 23.2 Å². The van der Waals surface area contributed by atoms with E-state index in [0.717, 1.165) is 12.1 Å². The molecule has 2 rings (SSSR count). The van der Waals surface area contributed by atoms with Crippen LogP contribution in [0.3, 0.4) is 0 Å². The fraction of sp³-hybridized carbons (Fsp3) is 0.588. The summed E-state index contributed by atoms with van der Waals surface area (Å²) in [7, 11) is 3.51. The minimum atomic E-state index is -0.00508. The molecule has 0 aliphatic heterocycles. The number of hydrogen-bond donors (Lipinski definition) is 1. The van der Waals surface area contributed by atoms with E-state index in [1.807, 2.05) is 6.07 Å². The second-order valence-corrected chi connectivity index (χ2v) is 7.60. The largest absolute Gasteiger partial charge is 0.381 e. The number of halogens is 1. The molecule has 1 aliphatic rings. The Morgan fingerprint density at radius 1 is 1.33 bits per heavy atom. The smallest absolute Gasteiger partial charge is 0.253 e. The lowest BCUT2D eigenvalue weighted by Crippen LogP contribution is -2.24. The fourth-order valence-corrected chi connectivity index (χ4v) is 3.49. The predicted octanol–water partition coefficient (Wildman–Crippen LogP) is 4.28. The van der Waals surface area contributed by atoms with Gasteiger partial charge in [-0.1, -0.05) is 32.4 Å². The van der Waals surface area contributed by atoms with Crippen molar-refractivity contribution in [2.75, 3.05) is 19.4 Å². The lowest BCUT2D eigenvalue weighted by atomic mass is 9.91. The number of anilines is 1. The van der Waals surface area contributed by atoms with E-state index in [1.165, 1.54) is 6.42 Å². The second-order valence-electron chi connectivity index (χ2n) is 7.19. The Hall–Kier alpha value is -1.22. The van der Waals surface area contributed by atoms with Gasteiger partial charge >= 0.3 is 0 Å². The van der Waals surface area contributed by atoms with Gasteiger partial charge in [-0.2, -0.15) is 0 Å². The van der Waals surface area contributed by atoms with E-state index >= 15 is 0 Å². The quantitative estimate of drug-likeness (QED) is 0.904. The van der Waals surface area contributed by atoms with Crippen molar-refractivity contribution in [2.24, 2.45) is 11.3 Å². The van der Waals surface area contributed by atoms with Crippen molar-refractivity contribution in [2.45, 2.75) is 39.7 Å². The van der Waals surface area contributed by atoms with Gasteiger partial charge in [-0.15, -0.1) is 0 Å². The molecule has 0 saturated heterocycles. The molecule has 0 aromatic heterocycles. The highest BCUT2D eigenvalue weighted by atomic mass is 35.5. The normalized spacial score (nSPS) is 23.9. The molecule has 0 bridgehead atoms. The summed E-state index contributed by atoms with van der Waals surface area (Å²) >= 11 is 6.29. The summed E-state index contributed by atoms with van der Waals surface area (Å²) in [6, 6.07) is 5.84. The number of rotatable bonds is 3. The molecular weight excluding hydrogens is 284 g/mol. The van der Waals surface area contributed by atoms with Crippen LogP contribution in [0, 0.1) is 11.3 Å². The summed E-state index contributed by atoms with van der Waals surface area (Å²) in [5.41, 5.74) is 1.89. The first-order chi connectivity index (χ1) is 9.69. The molecular formula is C17H25ClN2O. The zero-order chi connectivity index (χ0) is 15.8. The highest BCUT2D eigenvalue weighted by molar-refractivity contribution is 6.33. The average Bonchev–Trinajstić information content (AvgIpc) is 2.64. The van der Waals surface area contributed by atoms with Crippen LogP contribution in [-0.4, -0.2) is 30.9 Å². The number of hydrogen-bond acceptors (Lipinski definition) is 2. The van der Waals surface area contributed by atoms with Gasteiger partial charge in [-0.25, -0.2) is 0 Å². The van der Waals surface area contributed by atoms with Gasteiger partial charge in [-0.3, -0.25) is 4.79 Å². The Labute approximate surface area is 132 Å². The van der Waals surface area contributed by atoms with Crippen LogP contribution in [0.2, 0.25) is 5.02 Å². The maximum absolute atomic E-state index is 12.1. The summed E-state index contributed by atoms with van der Waals surface area (Å²) in [6.07, 6.45) is 2.33. The molecule has 21 heavy (non-hydrogen) atoms. The van der Waals surface area contributed by atoms with E-state index in [9.17, 15) is 4.79 Å². The molecule has 1 aromatic carbocycles. The van der Waals surface area contributed by atoms with Crippen molar-refractivity contribution < 1.29 is 4.79 Å². The van der Waals surface area contributed by atoms with Crippen molar-refractivity contribution in [3.63, 3.8) is 0 Å². The van der Waals surface area contributed by atoms with Crippen LogP contribution in [0.5, 0.6) is 0 Å². The van der Waals surface area contributed by atoms with Crippen LogP contribution in [0.15, 0.2) is 18.2 Å². The van der Waals surface area contributed by atoms with E-state index in [1.54, 1.807) is 31.1 Å². The number of nitrogens with zero attached hydrogens (tertiary/aromatic N) is 1. The molecule has 1 saturated carbocycles. The third kappa shape index (κ3) is 3.70. The molecule has 1 aliphatic carbocycles. The number of carbonyl (C=O) groups excluding carboxylic acids is 1. The minimum Gasteiger partial charge on any atom is -0.381 e. The Morgan fingerprint density at radius 3 is 2.52 bits per heavy atom. The predicted molar refractivity (Wildman–Crippen MR) is 89.1 cm³/mol. The highest BCUT2D eigenvalue weighted by Gasteiger charge is 2.36. The lowest BCUT2D eigenvalue weighted by Gasteiger charge is -2.21. The molecule has 0 radical (unpaired) electrons. The third-order valence-electron chi connectivity index (χ3n) is 4.29. The lowest BCUT2D eigenvalue weighted by molar-refractivity contribution is 0.0827. The summed E-state index contributed by atoms with van der Waals surface area (Å²) in [4.78, 5) is 13.6. The maximum atomic E-state index is 12.1. The molecule has 116 valence electrons. The van der Waals surface area contributed by atoms with Crippen LogP contribution in [0.4, 0.5) is 5.69 Å². The zero-order valence-electron chi connectivity index (χ0n) is 13.5. The number of carbonyl (C=O) groups is 1. The standard InChI is InChI=1S/C17H25ClN2O/c1-11-9-17(2,3)10-15(11)19-14-8-12(6-7-13(14)18)16(21)20(4)5/h6-8,11,15,19H,9-10H2,1-5H3. The third-order valence-corrected chi connectivity index (χ3v) is 4.62. The first kappa shape index (κ1) is 16.2. The Morgan fingerprint density at radius 2 is 2.00 bits per heavy atom. The monoisotopic (exact) mass is 308 g/mol. The molecule has 1 N–H and O–H groups in total. The van der Waals surface area contributed by atoms with E-state index in [4.69, 9.17) is 11.6 Å². The van der Waals surface area contributed by atoms with Crippen LogP contribution < -0.4 is 5.32 Å². The number of benzene rings is 1. The maximum Gasteiger partial charge on any atom is 0.253 e. The van der Waals surface area contributed by atoms with Gasteiger partial charge in [0, 0.05) is 25.7 Å². The van der Waals surface area contributed by atoms with Gasteiger partial charge in [0.05, 0.1) is 10.7 Å². The summed E-state index contributed by atoms with van der Waals surface area (Å²) in [6.45, 7) is 6.88. The van der Waals surface area contributed by atoms with Gasteiger partial charge in [0.2, 0.25) is 0 Å². The summed E-state index contributed by atoms with van der Waals surface area (Å²) in [5, 5.41) is 4.21. The molecule has 3 nitrogen and oxygen atoms in total. The number of nitrogens with one attached hydrogen (secondary N) is 1. The Balaban J connectivity index is 2.20. The molecule has 2 unspecified atom stereocenters. The van der Waals surface area contributed by atoms with Crippen LogP contribution in [0.1, 0.15) is 44.0 Å². The van der Waals surface area contributed by atoms with Gasteiger partial charge in [-0.05, 0) is 42.4 Å². The van der Waals surface area contributed by atoms with Crippen molar-refractivity contribution in [3.05, 3.63) is 28.8 Å². The van der Waals surface area contributed by atoms with Gasteiger partial charge in [0.25, 0.3) is 5.91 Å². The average molecular weight is 309 g/mol. The molecule has 1 fully saturated rings. The minimum absolute atomic E-state index is 0.00508. The van der Waals surface area contributed by atoms with Gasteiger partial charge < -0.3 is 10.2 Å². The molecule has 4 heteroatoms. The van der Waals surface area contributed by atoms with Crippen LogP contribution in [0.25, 0.3) is 0 Å². The molecule has 0 spiro atoms.